The lowest BCUT2D eigenvalue weighted by Crippen LogP contribution is -3.00. The zero-order valence-electron chi connectivity index (χ0n) is 11.5. The topological polar surface area (TPSA) is 46.1 Å². The van der Waals surface area contributed by atoms with Gasteiger partial charge in [-0.3, -0.25) is 4.79 Å². The van der Waals surface area contributed by atoms with Gasteiger partial charge in [0.1, 0.15) is 0 Å². The third-order valence-corrected chi connectivity index (χ3v) is 3.41. The second-order valence-corrected chi connectivity index (χ2v) is 4.55. The van der Waals surface area contributed by atoms with Gasteiger partial charge in [-0.05, 0) is 19.1 Å². The smallest absolute Gasteiger partial charge is 0.327 e. The van der Waals surface area contributed by atoms with Gasteiger partial charge in [0.25, 0.3) is 0 Å². The Balaban J connectivity index is 0.00000161. The number of nitrogens with zero attached hydrogens (tertiary/aromatic N) is 2. The summed E-state index contributed by atoms with van der Waals surface area (Å²) in [7, 11) is 0. The van der Waals surface area contributed by atoms with E-state index >= 15 is 0 Å². The van der Waals surface area contributed by atoms with Crippen LogP contribution in [0, 0.1) is 0 Å². The molecule has 0 atom stereocenters. The number of hydrogen-bond donors (Lipinski definition) is 1. The van der Waals surface area contributed by atoms with E-state index in [2.05, 4.69) is 0 Å². The molecule has 0 fully saturated rings. The molecule has 2 aromatic heterocycles. The number of rotatable bonds is 2. The maximum Gasteiger partial charge on any atom is 0.327 e. The van der Waals surface area contributed by atoms with Crippen molar-refractivity contribution in [2.75, 3.05) is 0 Å². The summed E-state index contributed by atoms with van der Waals surface area (Å²) in [4.78, 5) is 12.6. The first-order chi connectivity index (χ1) is 9.74. The molecule has 0 amide bonds. The molecule has 0 saturated carbocycles. The molecule has 5 heteroatoms. The largest absolute Gasteiger partial charge is 1.00 e. The number of hydrogen-bond acceptors (Lipinski definition) is 2. The molecule has 21 heavy (non-hydrogen) atoms. The van der Waals surface area contributed by atoms with Gasteiger partial charge in [0, 0.05) is 24.1 Å². The Hall–Kier alpha value is -2.33. The number of aromatic nitrogens is 2. The van der Waals surface area contributed by atoms with Crippen LogP contribution in [0.25, 0.3) is 16.6 Å². The summed E-state index contributed by atoms with van der Waals surface area (Å²) in [6, 6.07) is 12.9. The van der Waals surface area contributed by atoms with Crippen molar-refractivity contribution in [3.8, 4) is 11.4 Å². The first kappa shape index (κ1) is 15.1. The van der Waals surface area contributed by atoms with Gasteiger partial charge in [0.05, 0.1) is 5.52 Å². The van der Waals surface area contributed by atoms with E-state index in [4.69, 9.17) is 0 Å². The van der Waals surface area contributed by atoms with E-state index in [1.54, 1.807) is 21.5 Å². The second-order valence-electron chi connectivity index (χ2n) is 4.55. The van der Waals surface area contributed by atoms with Gasteiger partial charge in [-0.1, -0.05) is 18.2 Å². The van der Waals surface area contributed by atoms with Crippen molar-refractivity contribution >= 4 is 10.9 Å². The Morgan fingerprint density at radius 3 is 2.43 bits per heavy atom. The van der Waals surface area contributed by atoms with Crippen LogP contribution in [0.15, 0.2) is 59.7 Å². The van der Waals surface area contributed by atoms with Crippen molar-refractivity contribution in [2.45, 2.75) is 13.5 Å². The van der Waals surface area contributed by atoms with E-state index < -0.39 is 0 Å². The van der Waals surface area contributed by atoms with Crippen molar-refractivity contribution in [3.05, 3.63) is 65.2 Å². The van der Waals surface area contributed by atoms with Gasteiger partial charge in [0.2, 0.25) is 5.75 Å². The standard InChI is InChI=1S/C16H14N2O2.ClH/c1-2-18-13-9-5-4-8-12(13)15(19)14(16(18)20)17-10-6-3-7-11-17;/h3-11H,2H2,1H3;1H. The summed E-state index contributed by atoms with van der Waals surface area (Å²) >= 11 is 0. The number of benzene rings is 1. The minimum absolute atomic E-state index is 0. The lowest BCUT2D eigenvalue weighted by Gasteiger charge is -2.10. The maximum absolute atomic E-state index is 12.6. The van der Waals surface area contributed by atoms with Crippen LogP contribution in [-0.4, -0.2) is 9.67 Å². The number of pyridine rings is 2. The van der Waals surface area contributed by atoms with Crippen LogP contribution in [0.1, 0.15) is 6.92 Å². The van der Waals surface area contributed by atoms with E-state index in [1.165, 1.54) is 0 Å². The van der Waals surface area contributed by atoms with Crippen molar-refractivity contribution < 1.29 is 22.1 Å². The molecule has 108 valence electrons. The summed E-state index contributed by atoms with van der Waals surface area (Å²) in [5.74, 6) is 0.0199. The Bertz CT molecular complexity index is 829. The summed E-state index contributed by atoms with van der Waals surface area (Å²) in [5, 5.41) is 11.2. The van der Waals surface area contributed by atoms with Crippen LogP contribution in [-0.2, 0) is 6.54 Å². The highest BCUT2D eigenvalue weighted by atomic mass is 35.5. The van der Waals surface area contributed by atoms with Gasteiger partial charge >= 0.3 is 11.2 Å². The van der Waals surface area contributed by atoms with Crippen LogP contribution in [0.3, 0.4) is 0 Å². The highest BCUT2D eigenvalue weighted by Gasteiger charge is 2.22. The van der Waals surface area contributed by atoms with Crippen LogP contribution in [0.4, 0.5) is 0 Å². The molecule has 2 heterocycles. The SMILES string of the molecule is CCn1c(=O)c(-[n+]2ccccc2)c(O)c2ccccc21.[Cl-]. The van der Waals surface area contributed by atoms with Crippen LogP contribution in [0.5, 0.6) is 5.75 Å². The molecular weight excluding hydrogens is 288 g/mol. The van der Waals surface area contributed by atoms with E-state index in [0.29, 0.717) is 11.9 Å². The first-order valence-corrected chi connectivity index (χ1v) is 6.55. The van der Waals surface area contributed by atoms with Gasteiger partial charge in [0.15, 0.2) is 12.4 Å². The van der Waals surface area contributed by atoms with E-state index in [1.807, 2.05) is 49.4 Å². The summed E-state index contributed by atoms with van der Waals surface area (Å²) in [6.45, 7) is 2.48. The fourth-order valence-corrected chi connectivity index (χ4v) is 2.47. The third kappa shape index (κ3) is 2.38. The molecule has 3 rings (SSSR count). The Labute approximate surface area is 128 Å². The van der Waals surface area contributed by atoms with E-state index in [0.717, 1.165) is 5.52 Å². The van der Waals surface area contributed by atoms with Crippen molar-refractivity contribution in [1.29, 1.82) is 0 Å². The summed E-state index contributed by atoms with van der Waals surface area (Å²) in [5.41, 5.74) is 0.837. The number of fused-ring (bicyclic) bond motifs is 1. The molecule has 0 radical (unpaired) electrons. The van der Waals surface area contributed by atoms with E-state index in [-0.39, 0.29) is 29.4 Å². The van der Waals surface area contributed by atoms with Gasteiger partial charge in [-0.2, -0.15) is 4.57 Å². The molecular formula is C16H15ClN2O2. The molecule has 0 saturated heterocycles. The highest BCUT2D eigenvalue weighted by Crippen LogP contribution is 2.25. The fraction of sp³-hybridized carbons (Fsp3) is 0.125. The minimum atomic E-state index is -0.195. The zero-order chi connectivity index (χ0) is 14.1. The number of para-hydroxylation sites is 1. The average Bonchev–Trinajstić information content (AvgIpc) is 2.49. The van der Waals surface area contributed by atoms with Gasteiger partial charge < -0.3 is 22.1 Å². The van der Waals surface area contributed by atoms with Gasteiger partial charge in [-0.25, -0.2) is 0 Å². The first-order valence-electron chi connectivity index (χ1n) is 6.55. The highest BCUT2D eigenvalue weighted by molar-refractivity contribution is 5.87. The lowest BCUT2D eigenvalue weighted by molar-refractivity contribution is -0.597. The fourth-order valence-electron chi connectivity index (χ4n) is 2.47. The Morgan fingerprint density at radius 1 is 1.10 bits per heavy atom. The quantitative estimate of drug-likeness (QED) is 0.618. The average molecular weight is 303 g/mol. The number of aryl methyl sites for hydroxylation is 1. The minimum Gasteiger partial charge on any atom is -1.00 e. The van der Waals surface area contributed by atoms with Gasteiger partial charge in [-0.15, -0.1) is 0 Å². The van der Waals surface area contributed by atoms with Crippen molar-refractivity contribution in [2.24, 2.45) is 0 Å². The summed E-state index contributed by atoms with van der Waals surface area (Å²) < 4.78 is 3.32. The maximum atomic E-state index is 12.6. The number of halogens is 1. The van der Waals surface area contributed by atoms with Crippen molar-refractivity contribution in [3.63, 3.8) is 0 Å². The summed E-state index contributed by atoms with van der Waals surface area (Å²) in [6.07, 6.45) is 3.51. The van der Waals surface area contributed by atoms with E-state index in [9.17, 15) is 9.90 Å². The molecule has 4 nitrogen and oxygen atoms in total. The molecule has 1 N–H and O–H groups in total. The molecule has 0 aliphatic rings. The number of aromatic hydroxyl groups is 1. The monoisotopic (exact) mass is 302 g/mol. The molecule has 0 spiro atoms. The normalized spacial score (nSPS) is 10.3. The Kier molecular flexibility index (Phi) is 4.29. The van der Waals surface area contributed by atoms with Crippen LogP contribution >= 0.6 is 0 Å². The molecule has 0 aliphatic carbocycles. The molecule has 3 aromatic rings. The zero-order valence-corrected chi connectivity index (χ0v) is 12.3. The Morgan fingerprint density at radius 2 is 1.76 bits per heavy atom. The molecule has 0 unspecified atom stereocenters. The third-order valence-electron chi connectivity index (χ3n) is 3.41. The molecule has 1 aromatic carbocycles. The lowest BCUT2D eigenvalue weighted by atomic mass is 10.1. The predicted octanol–water partition coefficient (Wildman–Crippen LogP) is -0.992. The van der Waals surface area contributed by atoms with Crippen molar-refractivity contribution in [1.82, 2.24) is 4.57 Å². The van der Waals surface area contributed by atoms with Crippen LogP contribution in [0.2, 0.25) is 0 Å². The second kappa shape index (κ2) is 5.97. The molecule has 0 bridgehead atoms. The van der Waals surface area contributed by atoms with Crippen LogP contribution < -0.4 is 22.5 Å². The molecule has 0 aliphatic heterocycles. The predicted molar refractivity (Wildman–Crippen MR) is 77.1 cm³/mol.